The zero-order chi connectivity index (χ0) is 17.6. The first kappa shape index (κ1) is 15.8. The molecule has 0 atom stereocenters. The number of ether oxygens (including phenoxy) is 1. The molecule has 0 fully saturated rings. The summed E-state index contributed by atoms with van der Waals surface area (Å²) in [7, 11) is 0. The number of hydrogen-bond donors (Lipinski definition) is 3. The predicted molar refractivity (Wildman–Crippen MR) is 99.6 cm³/mol. The fraction of sp³-hybridized carbons (Fsp3) is 0.111. The summed E-state index contributed by atoms with van der Waals surface area (Å²) in [6.45, 7) is 1.10. The molecule has 4 rings (SSSR count). The zero-order valence-corrected chi connectivity index (χ0v) is 13.9. The Hall–Kier alpha value is -3.68. The van der Waals surface area contributed by atoms with Crippen LogP contribution in [0, 0.1) is 0 Å². The van der Waals surface area contributed by atoms with Crippen LogP contribution in [-0.4, -0.2) is 38.1 Å². The van der Waals surface area contributed by atoms with Crippen molar-refractivity contribution >= 4 is 28.6 Å². The monoisotopic (exact) mass is 347 g/mol. The van der Waals surface area contributed by atoms with E-state index < -0.39 is 0 Å². The average Bonchev–Trinajstić information content (AvgIpc) is 3.15. The number of anilines is 3. The van der Waals surface area contributed by atoms with Crippen LogP contribution in [-0.2, 0) is 0 Å². The summed E-state index contributed by atoms with van der Waals surface area (Å²) in [5.74, 6) is 1.96. The molecule has 3 aromatic heterocycles. The van der Waals surface area contributed by atoms with Crippen molar-refractivity contribution < 1.29 is 4.74 Å². The maximum Gasteiger partial charge on any atom is 0.231 e. The van der Waals surface area contributed by atoms with Crippen molar-refractivity contribution in [2.45, 2.75) is 0 Å². The number of rotatable bonds is 7. The molecular weight excluding hydrogens is 330 g/mol. The molecule has 0 bridgehead atoms. The van der Waals surface area contributed by atoms with Gasteiger partial charge in [-0.15, -0.1) is 0 Å². The minimum Gasteiger partial charge on any atom is -0.492 e. The van der Waals surface area contributed by atoms with E-state index in [1.165, 1.54) is 0 Å². The number of imidazole rings is 1. The fourth-order valence-corrected chi connectivity index (χ4v) is 2.44. The second-order valence-electron chi connectivity index (χ2n) is 5.45. The van der Waals surface area contributed by atoms with E-state index in [0.29, 0.717) is 30.6 Å². The molecule has 0 saturated carbocycles. The van der Waals surface area contributed by atoms with E-state index in [2.05, 4.69) is 35.6 Å². The number of benzene rings is 1. The Kier molecular flexibility index (Phi) is 4.55. The summed E-state index contributed by atoms with van der Waals surface area (Å²) >= 11 is 0. The molecular formula is C18H17N7O. The van der Waals surface area contributed by atoms with E-state index in [4.69, 9.17) is 4.74 Å². The molecule has 0 aliphatic rings. The molecule has 3 N–H and O–H groups in total. The van der Waals surface area contributed by atoms with Gasteiger partial charge in [0.15, 0.2) is 11.5 Å². The number of hydrogen-bond acceptors (Lipinski definition) is 7. The van der Waals surface area contributed by atoms with E-state index >= 15 is 0 Å². The summed E-state index contributed by atoms with van der Waals surface area (Å²) < 4.78 is 5.69. The van der Waals surface area contributed by atoms with Crippen molar-refractivity contribution in [1.29, 1.82) is 0 Å². The SMILES string of the molecule is c1ccc(OCCNc2nc(Nc3ccncc3)nc3nc[nH]c23)cc1. The molecule has 130 valence electrons. The standard InChI is InChI=1S/C18H17N7O/c1-2-4-14(5-3-1)26-11-10-20-16-15-17(22-12-21-15)25-18(24-16)23-13-6-8-19-9-7-13/h1-9,12H,10-11H2,(H3,19,20,21,22,23,24,25). The maximum atomic E-state index is 5.69. The molecule has 0 aliphatic carbocycles. The van der Waals surface area contributed by atoms with Gasteiger partial charge in [0.25, 0.3) is 0 Å². The van der Waals surface area contributed by atoms with Crippen molar-refractivity contribution in [3.8, 4) is 5.75 Å². The number of aromatic nitrogens is 5. The third kappa shape index (κ3) is 3.69. The smallest absolute Gasteiger partial charge is 0.231 e. The normalized spacial score (nSPS) is 10.6. The van der Waals surface area contributed by atoms with Gasteiger partial charge in [0.05, 0.1) is 12.9 Å². The largest absolute Gasteiger partial charge is 0.492 e. The van der Waals surface area contributed by atoms with Gasteiger partial charge in [-0.25, -0.2) is 4.98 Å². The van der Waals surface area contributed by atoms with E-state index in [9.17, 15) is 0 Å². The summed E-state index contributed by atoms with van der Waals surface area (Å²) in [6, 6.07) is 13.4. The Bertz CT molecular complexity index is 973. The molecule has 4 aromatic rings. The number of H-pyrrole nitrogens is 1. The van der Waals surface area contributed by atoms with Crippen molar-refractivity contribution in [3.63, 3.8) is 0 Å². The quantitative estimate of drug-likeness (QED) is 0.442. The lowest BCUT2D eigenvalue weighted by molar-refractivity contribution is 0.333. The number of nitrogens with one attached hydrogen (secondary N) is 3. The van der Waals surface area contributed by atoms with Gasteiger partial charge in [0, 0.05) is 18.1 Å². The molecule has 0 saturated heterocycles. The van der Waals surface area contributed by atoms with Crippen LogP contribution in [0.3, 0.4) is 0 Å². The number of aromatic amines is 1. The minimum atomic E-state index is 0.460. The van der Waals surface area contributed by atoms with Crippen molar-refractivity contribution in [2.24, 2.45) is 0 Å². The maximum absolute atomic E-state index is 5.69. The minimum absolute atomic E-state index is 0.460. The predicted octanol–water partition coefficient (Wildman–Crippen LogP) is 2.98. The highest BCUT2D eigenvalue weighted by Crippen LogP contribution is 2.20. The van der Waals surface area contributed by atoms with Gasteiger partial charge >= 0.3 is 0 Å². The molecule has 0 unspecified atom stereocenters. The van der Waals surface area contributed by atoms with Gasteiger partial charge in [0.1, 0.15) is 17.9 Å². The van der Waals surface area contributed by atoms with E-state index in [-0.39, 0.29) is 0 Å². The summed E-state index contributed by atoms with van der Waals surface area (Å²) in [4.78, 5) is 20.2. The van der Waals surface area contributed by atoms with Crippen LogP contribution in [0.15, 0.2) is 61.2 Å². The van der Waals surface area contributed by atoms with Crippen LogP contribution in [0.1, 0.15) is 0 Å². The Morgan fingerprint density at radius 3 is 2.69 bits per heavy atom. The summed E-state index contributed by atoms with van der Waals surface area (Å²) in [5, 5.41) is 6.43. The Balaban J connectivity index is 1.46. The van der Waals surface area contributed by atoms with E-state index in [1.54, 1.807) is 18.7 Å². The second kappa shape index (κ2) is 7.47. The first-order valence-electron chi connectivity index (χ1n) is 8.18. The number of para-hydroxylation sites is 1. The lowest BCUT2D eigenvalue weighted by Crippen LogP contribution is -2.13. The van der Waals surface area contributed by atoms with Gasteiger partial charge in [-0.05, 0) is 24.3 Å². The Morgan fingerprint density at radius 2 is 1.85 bits per heavy atom. The zero-order valence-electron chi connectivity index (χ0n) is 13.9. The van der Waals surface area contributed by atoms with Crippen molar-refractivity contribution in [1.82, 2.24) is 24.9 Å². The van der Waals surface area contributed by atoms with Crippen LogP contribution >= 0.6 is 0 Å². The Labute approximate surface area is 149 Å². The molecule has 1 aromatic carbocycles. The van der Waals surface area contributed by atoms with Crippen molar-refractivity contribution in [3.05, 3.63) is 61.2 Å². The topological polar surface area (TPSA) is 101 Å². The lowest BCUT2D eigenvalue weighted by Gasteiger charge is -2.10. The van der Waals surface area contributed by atoms with Gasteiger partial charge in [-0.1, -0.05) is 18.2 Å². The van der Waals surface area contributed by atoms with E-state index in [0.717, 1.165) is 17.0 Å². The number of pyridine rings is 1. The third-order valence-corrected chi connectivity index (χ3v) is 3.63. The molecule has 0 amide bonds. The first-order chi connectivity index (χ1) is 12.9. The number of nitrogens with zero attached hydrogens (tertiary/aromatic N) is 4. The summed E-state index contributed by atoms with van der Waals surface area (Å²) in [5.41, 5.74) is 2.20. The molecule has 8 heteroatoms. The first-order valence-corrected chi connectivity index (χ1v) is 8.18. The van der Waals surface area contributed by atoms with Crippen LogP contribution < -0.4 is 15.4 Å². The Morgan fingerprint density at radius 1 is 1.00 bits per heavy atom. The second-order valence-corrected chi connectivity index (χ2v) is 5.45. The van der Waals surface area contributed by atoms with Crippen LogP contribution in [0.2, 0.25) is 0 Å². The van der Waals surface area contributed by atoms with Gasteiger partial charge < -0.3 is 20.4 Å². The van der Waals surface area contributed by atoms with Crippen LogP contribution in [0.4, 0.5) is 17.5 Å². The molecule has 0 aliphatic heterocycles. The van der Waals surface area contributed by atoms with Crippen LogP contribution in [0.25, 0.3) is 11.2 Å². The highest BCUT2D eigenvalue weighted by atomic mass is 16.5. The summed E-state index contributed by atoms with van der Waals surface area (Å²) in [6.07, 6.45) is 5.01. The van der Waals surface area contributed by atoms with Gasteiger partial charge in [-0.2, -0.15) is 9.97 Å². The third-order valence-electron chi connectivity index (χ3n) is 3.63. The lowest BCUT2D eigenvalue weighted by atomic mass is 10.3. The van der Waals surface area contributed by atoms with Crippen LogP contribution in [0.5, 0.6) is 5.75 Å². The molecule has 0 spiro atoms. The highest BCUT2D eigenvalue weighted by Gasteiger charge is 2.10. The molecule has 8 nitrogen and oxygen atoms in total. The molecule has 0 radical (unpaired) electrons. The van der Waals surface area contributed by atoms with E-state index in [1.807, 2.05) is 42.5 Å². The number of fused-ring (bicyclic) bond motifs is 1. The highest BCUT2D eigenvalue weighted by molar-refractivity contribution is 5.84. The molecule has 3 heterocycles. The van der Waals surface area contributed by atoms with Gasteiger partial charge in [-0.3, -0.25) is 4.98 Å². The fourth-order valence-electron chi connectivity index (χ4n) is 2.44. The molecule has 26 heavy (non-hydrogen) atoms. The average molecular weight is 347 g/mol. The van der Waals surface area contributed by atoms with Crippen molar-refractivity contribution in [2.75, 3.05) is 23.8 Å². The van der Waals surface area contributed by atoms with Gasteiger partial charge in [0.2, 0.25) is 5.95 Å².